The number of hydrogen-bond donors (Lipinski definition) is 1. The summed E-state index contributed by atoms with van der Waals surface area (Å²) in [5.41, 5.74) is 1.12. The normalized spacial score (nSPS) is 10.6. The Morgan fingerprint density at radius 2 is 2.36 bits per heavy atom. The predicted octanol–water partition coefficient (Wildman–Crippen LogP) is 2.11. The first-order valence-electron chi connectivity index (χ1n) is 3.92. The van der Waals surface area contributed by atoms with Gasteiger partial charge in [0.05, 0.1) is 0 Å². The highest BCUT2D eigenvalue weighted by Crippen LogP contribution is 2.19. The number of aliphatic carboxylic acids is 1. The highest BCUT2D eigenvalue weighted by atomic mass is 35.5. The Morgan fingerprint density at radius 3 is 3.07 bits per heavy atom. The van der Waals surface area contributed by atoms with Gasteiger partial charge in [-0.05, 0) is 18.2 Å². The summed E-state index contributed by atoms with van der Waals surface area (Å²) in [6, 6.07) is 4.96. The van der Waals surface area contributed by atoms with Gasteiger partial charge in [0.1, 0.15) is 11.9 Å². The number of hydrogen-bond acceptors (Lipinski definition) is 3. The molecule has 0 saturated carbocycles. The van der Waals surface area contributed by atoms with Gasteiger partial charge in [-0.15, -0.1) is 0 Å². The van der Waals surface area contributed by atoms with Crippen molar-refractivity contribution in [1.29, 1.82) is 0 Å². The van der Waals surface area contributed by atoms with Crippen LogP contribution in [0.2, 0.25) is 5.02 Å². The molecule has 0 unspecified atom stereocenters. The van der Waals surface area contributed by atoms with E-state index in [0.717, 1.165) is 0 Å². The molecular formula is C9H6ClNO3. The van der Waals surface area contributed by atoms with E-state index in [9.17, 15) is 4.79 Å². The maximum atomic E-state index is 10.4. The summed E-state index contributed by atoms with van der Waals surface area (Å²) < 4.78 is 5.18. The molecule has 4 nitrogen and oxygen atoms in total. The molecule has 2 aromatic rings. The number of carboxylic acid groups (broad SMARTS) is 1. The van der Waals surface area contributed by atoms with Crippen LogP contribution in [0.1, 0.15) is 5.89 Å². The molecule has 0 bridgehead atoms. The molecule has 0 aliphatic rings. The largest absolute Gasteiger partial charge is 0.481 e. The van der Waals surface area contributed by atoms with E-state index in [2.05, 4.69) is 4.98 Å². The van der Waals surface area contributed by atoms with Gasteiger partial charge in [-0.3, -0.25) is 4.79 Å². The summed E-state index contributed by atoms with van der Waals surface area (Å²) in [7, 11) is 0. The van der Waals surface area contributed by atoms with Crippen molar-refractivity contribution in [2.45, 2.75) is 6.42 Å². The minimum Gasteiger partial charge on any atom is -0.481 e. The van der Waals surface area contributed by atoms with Crippen LogP contribution >= 0.6 is 11.6 Å². The van der Waals surface area contributed by atoms with Gasteiger partial charge in [-0.2, -0.15) is 0 Å². The Morgan fingerprint density at radius 1 is 1.57 bits per heavy atom. The van der Waals surface area contributed by atoms with E-state index in [1.807, 2.05) is 0 Å². The fourth-order valence-electron chi connectivity index (χ4n) is 1.15. The molecule has 0 aliphatic carbocycles. The Bertz CT molecular complexity index is 492. The third-order valence-corrected chi connectivity index (χ3v) is 1.93. The Hall–Kier alpha value is -1.55. The minimum absolute atomic E-state index is 0.190. The van der Waals surface area contributed by atoms with Gasteiger partial charge in [-0.25, -0.2) is 4.98 Å². The maximum absolute atomic E-state index is 10.4. The average molecular weight is 212 g/mol. The number of halogens is 1. The lowest BCUT2D eigenvalue weighted by Gasteiger charge is -1.86. The molecule has 1 heterocycles. The second-order valence-corrected chi connectivity index (χ2v) is 3.23. The second kappa shape index (κ2) is 3.31. The second-order valence-electron chi connectivity index (χ2n) is 2.79. The number of aromatic nitrogens is 1. The van der Waals surface area contributed by atoms with Crippen LogP contribution in [0.15, 0.2) is 22.6 Å². The first kappa shape index (κ1) is 9.02. The molecule has 0 saturated heterocycles. The number of benzene rings is 1. The molecule has 0 amide bonds. The minimum atomic E-state index is -0.970. The zero-order chi connectivity index (χ0) is 10.1. The highest BCUT2D eigenvalue weighted by molar-refractivity contribution is 6.31. The molecule has 0 spiro atoms. The number of oxazole rings is 1. The van der Waals surface area contributed by atoms with Crippen LogP contribution < -0.4 is 0 Å². The zero-order valence-electron chi connectivity index (χ0n) is 7.03. The number of carbonyl (C=O) groups is 1. The topological polar surface area (TPSA) is 63.3 Å². The van der Waals surface area contributed by atoms with E-state index in [4.69, 9.17) is 21.1 Å². The lowest BCUT2D eigenvalue weighted by Crippen LogP contribution is -1.99. The van der Waals surface area contributed by atoms with Crippen molar-refractivity contribution in [3.05, 3.63) is 29.1 Å². The van der Waals surface area contributed by atoms with E-state index in [-0.39, 0.29) is 12.3 Å². The molecule has 0 radical (unpaired) electrons. The molecule has 0 fully saturated rings. The molecular weight excluding hydrogens is 206 g/mol. The standard InChI is InChI=1S/C9H6ClNO3/c10-5-1-2-7-6(3-5)11-8(14-7)4-9(12)13/h1-3H,4H2,(H,12,13). The van der Waals surface area contributed by atoms with E-state index in [1.54, 1.807) is 18.2 Å². The van der Waals surface area contributed by atoms with Crippen LogP contribution in [0.5, 0.6) is 0 Å². The number of fused-ring (bicyclic) bond motifs is 1. The van der Waals surface area contributed by atoms with Gasteiger partial charge in [0, 0.05) is 5.02 Å². The van der Waals surface area contributed by atoms with Crippen molar-refractivity contribution in [3.8, 4) is 0 Å². The summed E-state index contributed by atoms with van der Waals surface area (Å²) in [4.78, 5) is 14.4. The molecule has 1 aromatic carbocycles. The predicted molar refractivity (Wildman–Crippen MR) is 50.4 cm³/mol. The van der Waals surface area contributed by atoms with Crippen LogP contribution in [0, 0.1) is 0 Å². The summed E-state index contributed by atoms with van der Waals surface area (Å²) in [6.07, 6.45) is -0.216. The van der Waals surface area contributed by atoms with Crippen LogP contribution in [0.25, 0.3) is 11.1 Å². The average Bonchev–Trinajstić information content (AvgIpc) is 2.44. The molecule has 1 aromatic heterocycles. The summed E-state index contributed by atoms with van der Waals surface area (Å²) in [6.45, 7) is 0. The molecule has 0 atom stereocenters. The van der Waals surface area contributed by atoms with Crippen molar-refractivity contribution in [2.75, 3.05) is 0 Å². The third-order valence-electron chi connectivity index (χ3n) is 1.70. The lowest BCUT2D eigenvalue weighted by atomic mass is 10.3. The maximum Gasteiger partial charge on any atom is 0.312 e. The highest BCUT2D eigenvalue weighted by Gasteiger charge is 2.09. The number of nitrogens with zero attached hydrogens (tertiary/aromatic N) is 1. The molecule has 0 aliphatic heterocycles. The molecule has 5 heteroatoms. The zero-order valence-corrected chi connectivity index (χ0v) is 7.78. The molecule has 14 heavy (non-hydrogen) atoms. The summed E-state index contributed by atoms with van der Waals surface area (Å²) in [5.74, 6) is -0.780. The van der Waals surface area contributed by atoms with Gasteiger partial charge >= 0.3 is 5.97 Å². The lowest BCUT2D eigenvalue weighted by molar-refractivity contribution is -0.136. The van der Waals surface area contributed by atoms with E-state index in [0.29, 0.717) is 16.1 Å². The quantitative estimate of drug-likeness (QED) is 0.826. The van der Waals surface area contributed by atoms with Gasteiger partial charge in [0.2, 0.25) is 5.89 Å². The van der Waals surface area contributed by atoms with E-state index >= 15 is 0 Å². The van der Waals surface area contributed by atoms with Crippen LogP contribution in [-0.4, -0.2) is 16.1 Å². The van der Waals surface area contributed by atoms with E-state index < -0.39 is 5.97 Å². The van der Waals surface area contributed by atoms with Crippen molar-refractivity contribution >= 4 is 28.7 Å². The third kappa shape index (κ3) is 1.70. The van der Waals surface area contributed by atoms with Crippen molar-refractivity contribution in [3.63, 3.8) is 0 Å². The monoisotopic (exact) mass is 211 g/mol. The van der Waals surface area contributed by atoms with Crippen LogP contribution in [0.4, 0.5) is 0 Å². The fourth-order valence-corrected chi connectivity index (χ4v) is 1.32. The van der Waals surface area contributed by atoms with Crippen molar-refractivity contribution in [1.82, 2.24) is 4.98 Å². The van der Waals surface area contributed by atoms with Gasteiger partial charge in [-0.1, -0.05) is 11.6 Å². The fraction of sp³-hybridized carbons (Fsp3) is 0.111. The number of rotatable bonds is 2. The first-order valence-corrected chi connectivity index (χ1v) is 4.30. The van der Waals surface area contributed by atoms with E-state index in [1.165, 1.54) is 0 Å². The molecule has 72 valence electrons. The van der Waals surface area contributed by atoms with Gasteiger partial charge < -0.3 is 9.52 Å². The molecule has 1 N–H and O–H groups in total. The Kier molecular flexibility index (Phi) is 2.13. The SMILES string of the molecule is O=C(O)Cc1nc2cc(Cl)ccc2o1. The first-order chi connectivity index (χ1) is 6.65. The van der Waals surface area contributed by atoms with Crippen molar-refractivity contribution in [2.24, 2.45) is 0 Å². The van der Waals surface area contributed by atoms with Gasteiger partial charge in [0.25, 0.3) is 0 Å². The van der Waals surface area contributed by atoms with Crippen LogP contribution in [-0.2, 0) is 11.2 Å². The Labute approximate surface area is 84.1 Å². The van der Waals surface area contributed by atoms with Crippen molar-refractivity contribution < 1.29 is 14.3 Å². The summed E-state index contributed by atoms with van der Waals surface area (Å²) in [5, 5.41) is 9.07. The Balaban J connectivity index is 2.46. The van der Waals surface area contributed by atoms with Gasteiger partial charge in [0.15, 0.2) is 5.58 Å². The number of carboxylic acids is 1. The molecule has 2 rings (SSSR count). The van der Waals surface area contributed by atoms with Crippen LogP contribution in [0.3, 0.4) is 0 Å². The smallest absolute Gasteiger partial charge is 0.312 e. The summed E-state index contributed by atoms with van der Waals surface area (Å²) >= 11 is 5.74.